The predicted octanol–water partition coefficient (Wildman–Crippen LogP) is 1.26. The van der Waals surface area contributed by atoms with Gasteiger partial charge in [-0.3, -0.25) is 0 Å². The quantitative estimate of drug-likeness (QED) is 0.234. The molecule has 0 unspecified atom stereocenters. The Morgan fingerprint density at radius 1 is 1.75 bits per heavy atom. The van der Waals surface area contributed by atoms with Crippen LogP contribution in [0, 0.1) is 0 Å². The molecule has 0 heterocycles. The van der Waals surface area contributed by atoms with Crippen molar-refractivity contribution < 1.29 is 12.9 Å². The average Bonchev–Trinajstić information content (AvgIpc) is 2.03. The van der Waals surface area contributed by atoms with E-state index in [0.717, 1.165) is 0 Å². The zero-order valence-corrected chi connectivity index (χ0v) is 8.86. The summed E-state index contributed by atoms with van der Waals surface area (Å²) < 4.78 is 0. The molecule has 0 amide bonds. The monoisotopic (exact) mass is 182 g/mol. The zero-order valence-electron chi connectivity index (χ0n) is 9.45. The van der Waals surface area contributed by atoms with Crippen molar-refractivity contribution in [3.63, 3.8) is 0 Å². The molecule has 0 rings (SSSR count). The van der Waals surface area contributed by atoms with Crippen LogP contribution in [0.3, 0.4) is 0 Å². The first-order valence-electron chi connectivity index (χ1n) is 3.16. The molecule has 0 atom stereocenters. The zero-order chi connectivity index (χ0) is 8.69. The molecule has 1 N–H and O–H groups in total. The molecule has 0 aliphatic carbocycles. The minimum Gasteiger partial charge on any atom is -1.00 e. The van der Waals surface area contributed by atoms with E-state index >= 15 is 0 Å². The number of hydrogen-bond acceptors (Lipinski definition) is 4. The van der Waals surface area contributed by atoms with Crippen LogP contribution in [-0.4, -0.2) is 46.8 Å². The molecule has 0 fully saturated rings. The maximum Gasteiger partial charge on any atom is 2.00 e. The van der Waals surface area contributed by atoms with Gasteiger partial charge >= 0.3 is 23.1 Å². The molecule has 0 spiro atoms. The van der Waals surface area contributed by atoms with E-state index in [1.165, 1.54) is 7.11 Å². The van der Waals surface area contributed by atoms with Crippen LogP contribution in [0.25, 0.3) is 0 Å². The first-order valence-corrected chi connectivity index (χ1v) is 3.16. The van der Waals surface area contributed by atoms with Gasteiger partial charge in [-0.25, -0.2) is 0 Å². The van der Waals surface area contributed by atoms with Crippen LogP contribution in [0.15, 0.2) is 23.0 Å². The summed E-state index contributed by atoms with van der Waals surface area (Å²) in [4.78, 5) is 4.53. The Hall–Kier alpha value is -0.554. The normalized spacial score (nSPS) is 11.8. The van der Waals surface area contributed by atoms with Gasteiger partial charge in [0.2, 0.25) is 0 Å². The maximum atomic E-state index is 8.38. The van der Waals surface area contributed by atoms with Gasteiger partial charge in [0.15, 0.2) is 0 Å². The van der Waals surface area contributed by atoms with Crippen LogP contribution in [-0.2, 0) is 4.84 Å². The van der Waals surface area contributed by atoms with Crippen LogP contribution in [0.5, 0.6) is 0 Å². The number of allylic oxidation sites excluding steroid dienone is 1. The number of hydrogen-bond donors (Lipinski definition) is 1. The van der Waals surface area contributed by atoms with E-state index in [2.05, 4.69) is 21.7 Å². The summed E-state index contributed by atoms with van der Waals surface area (Å²) in [6.45, 7) is 5.17. The van der Waals surface area contributed by atoms with Gasteiger partial charge in [-0.1, -0.05) is 16.4 Å². The van der Waals surface area contributed by atoms with Gasteiger partial charge in [0.25, 0.3) is 0 Å². The van der Waals surface area contributed by atoms with E-state index < -0.39 is 0 Å². The van der Waals surface area contributed by atoms with Crippen LogP contribution in [0.4, 0.5) is 0 Å². The van der Waals surface area contributed by atoms with E-state index in [-0.39, 0.29) is 25.9 Å². The predicted molar refractivity (Wildman–Crippen MR) is 52.1 cm³/mol. The third-order valence-corrected chi connectivity index (χ3v) is 1.11. The van der Waals surface area contributed by atoms with Gasteiger partial charge in [0, 0.05) is 6.42 Å². The molecule has 0 aromatic heterocycles. The van der Waals surface area contributed by atoms with Crippen molar-refractivity contribution in [1.82, 2.24) is 0 Å². The topological polar surface area (TPSA) is 54.2 Å². The standard InChI is InChI=1S/C7H12N2O2.Mg.2H/c1-4-5-7(9-11-3)6(2)8-10;;;/h4,10H,1,5H2,2-3H3;;;/q;+2;2*-1/b8-6-,9-7-;;;. The SMILES string of the molecule is C=CCC(=N/OC)/C(C)=N\O.[H-].[H-].[Mg+2]. The summed E-state index contributed by atoms with van der Waals surface area (Å²) in [5, 5.41) is 15.0. The van der Waals surface area contributed by atoms with Gasteiger partial charge in [-0.2, -0.15) is 0 Å². The molecule has 0 bridgehead atoms. The molecule has 0 radical (unpaired) electrons. The van der Waals surface area contributed by atoms with Crippen LogP contribution in [0.1, 0.15) is 16.2 Å². The Morgan fingerprint density at radius 3 is 2.67 bits per heavy atom. The van der Waals surface area contributed by atoms with Crippen molar-refractivity contribution in [2.45, 2.75) is 13.3 Å². The average molecular weight is 183 g/mol. The summed E-state index contributed by atoms with van der Waals surface area (Å²) in [7, 11) is 1.44. The van der Waals surface area contributed by atoms with E-state index in [0.29, 0.717) is 17.8 Å². The van der Waals surface area contributed by atoms with Crippen molar-refractivity contribution >= 4 is 34.5 Å². The second-order valence-electron chi connectivity index (χ2n) is 1.90. The summed E-state index contributed by atoms with van der Waals surface area (Å²) in [6.07, 6.45) is 2.19. The third-order valence-electron chi connectivity index (χ3n) is 1.11. The molecular weight excluding hydrogens is 168 g/mol. The fourth-order valence-electron chi connectivity index (χ4n) is 0.556. The van der Waals surface area contributed by atoms with Crippen molar-refractivity contribution in [3.8, 4) is 0 Å². The molecule has 0 saturated carbocycles. The largest absolute Gasteiger partial charge is 2.00 e. The van der Waals surface area contributed by atoms with E-state index in [4.69, 9.17) is 5.21 Å². The molecule has 0 saturated heterocycles. The van der Waals surface area contributed by atoms with Crippen LogP contribution in [0.2, 0.25) is 0 Å². The Bertz CT molecular complexity index is 198. The second kappa shape index (κ2) is 8.54. The second-order valence-corrected chi connectivity index (χ2v) is 1.90. The molecule has 12 heavy (non-hydrogen) atoms. The van der Waals surface area contributed by atoms with Crippen molar-refractivity contribution in [2.24, 2.45) is 10.3 Å². The first kappa shape index (κ1) is 14.0. The van der Waals surface area contributed by atoms with Crippen molar-refractivity contribution in [1.29, 1.82) is 0 Å². The van der Waals surface area contributed by atoms with Gasteiger partial charge in [-0.15, -0.1) is 6.58 Å². The van der Waals surface area contributed by atoms with E-state index in [9.17, 15) is 0 Å². The molecule has 0 aromatic carbocycles. The summed E-state index contributed by atoms with van der Waals surface area (Å²) in [5.41, 5.74) is 1.01. The third kappa shape index (κ3) is 5.14. The van der Waals surface area contributed by atoms with E-state index in [1.54, 1.807) is 13.0 Å². The molecule has 5 heteroatoms. The van der Waals surface area contributed by atoms with Crippen LogP contribution >= 0.6 is 0 Å². The Balaban J connectivity index is -0.000000167. The summed E-state index contributed by atoms with van der Waals surface area (Å²) in [5.74, 6) is 0. The van der Waals surface area contributed by atoms with Gasteiger partial charge in [0.1, 0.15) is 18.5 Å². The minimum absolute atomic E-state index is 0. The molecule has 66 valence electrons. The number of oxime groups is 2. The maximum absolute atomic E-state index is 8.38. The summed E-state index contributed by atoms with van der Waals surface area (Å²) in [6, 6.07) is 0. The van der Waals surface area contributed by atoms with Crippen molar-refractivity contribution in [2.75, 3.05) is 7.11 Å². The van der Waals surface area contributed by atoms with Gasteiger partial charge < -0.3 is 12.9 Å². The smallest absolute Gasteiger partial charge is 1.00 e. The fourth-order valence-corrected chi connectivity index (χ4v) is 0.556. The van der Waals surface area contributed by atoms with Gasteiger partial charge in [-0.05, 0) is 6.92 Å². The van der Waals surface area contributed by atoms with Crippen molar-refractivity contribution in [3.05, 3.63) is 12.7 Å². The fraction of sp³-hybridized carbons (Fsp3) is 0.429. The Labute approximate surface area is 91.1 Å². The molecule has 0 aliphatic heterocycles. The van der Waals surface area contributed by atoms with Crippen LogP contribution < -0.4 is 0 Å². The Kier molecular flexibility index (Phi) is 9.96. The minimum atomic E-state index is 0. The van der Waals surface area contributed by atoms with Gasteiger partial charge in [0.05, 0.1) is 0 Å². The van der Waals surface area contributed by atoms with E-state index in [1.807, 2.05) is 0 Å². The summed E-state index contributed by atoms with van der Waals surface area (Å²) >= 11 is 0. The Morgan fingerprint density at radius 2 is 2.33 bits per heavy atom. The number of rotatable bonds is 4. The molecule has 0 aliphatic rings. The molecule has 0 aromatic rings. The molecular formula is C7H14MgN2O2. The first-order chi connectivity index (χ1) is 5.26. The molecule has 4 nitrogen and oxygen atoms in total. The number of nitrogens with zero attached hydrogens (tertiary/aromatic N) is 2.